The van der Waals surface area contributed by atoms with Gasteiger partial charge in [0, 0.05) is 23.1 Å². The van der Waals surface area contributed by atoms with Crippen LogP contribution in [0, 0.1) is 13.8 Å². The summed E-state index contributed by atoms with van der Waals surface area (Å²) in [5.74, 6) is -0.799. The number of sulfonamides is 1. The Bertz CT molecular complexity index is 1190. The van der Waals surface area contributed by atoms with Gasteiger partial charge in [-0.05, 0) is 61.6 Å². The van der Waals surface area contributed by atoms with E-state index >= 15 is 0 Å². The predicted octanol–water partition coefficient (Wildman–Crippen LogP) is 5.10. The number of hydrogen-bond acceptors (Lipinski definition) is 4. The van der Waals surface area contributed by atoms with Gasteiger partial charge in [0.15, 0.2) is 0 Å². The molecule has 198 valence electrons. The highest BCUT2D eigenvalue weighted by atomic mass is 35.5. The van der Waals surface area contributed by atoms with Crippen LogP contribution in [0.2, 0.25) is 10.0 Å². The molecule has 0 spiro atoms. The number of halogens is 2. The molecule has 1 N–H and O–H groups in total. The standard InChI is InChI=1S/C26H35Cl2N3O4S/c1-6-8-14-29-26(33)23(7-2)30(16-20-12-13-21(27)15-22(20)28)25(32)17-31(36(5,34)35)24-11-9-10-18(3)19(24)4/h9-13,15,23H,6-8,14,16-17H2,1-5H3,(H,29,33)/t23-/m1/s1. The quantitative estimate of drug-likeness (QED) is 0.369. The summed E-state index contributed by atoms with van der Waals surface area (Å²) in [4.78, 5) is 28.2. The van der Waals surface area contributed by atoms with Crippen LogP contribution in [-0.4, -0.2) is 50.5 Å². The molecule has 0 bridgehead atoms. The van der Waals surface area contributed by atoms with E-state index in [4.69, 9.17) is 23.2 Å². The summed E-state index contributed by atoms with van der Waals surface area (Å²) in [6.07, 6.45) is 3.14. The smallest absolute Gasteiger partial charge is 0.244 e. The van der Waals surface area contributed by atoms with Gasteiger partial charge in [0.25, 0.3) is 0 Å². The fourth-order valence-electron chi connectivity index (χ4n) is 3.86. The predicted molar refractivity (Wildman–Crippen MR) is 147 cm³/mol. The van der Waals surface area contributed by atoms with Crippen LogP contribution in [-0.2, 0) is 26.2 Å². The minimum Gasteiger partial charge on any atom is -0.354 e. The molecule has 10 heteroatoms. The van der Waals surface area contributed by atoms with E-state index in [2.05, 4.69) is 5.32 Å². The highest BCUT2D eigenvalue weighted by Crippen LogP contribution is 2.27. The number of nitrogens with zero attached hydrogens (tertiary/aromatic N) is 2. The van der Waals surface area contributed by atoms with E-state index in [1.807, 2.05) is 33.8 Å². The van der Waals surface area contributed by atoms with Crippen molar-refractivity contribution in [1.82, 2.24) is 10.2 Å². The number of unbranched alkanes of at least 4 members (excludes halogenated alkanes) is 1. The van der Waals surface area contributed by atoms with Crippen molar-refractivity contribution in [3.8, 4) is 0 Å². The number of anilines is 1. The first kappa shape index (κ1) is 29.9. The van der Waals surface area contributed by atoms with Crippen molar-refractivity contribution in [1.29, 1.82) is 0 Å². The molecule has 0 aromatic heterocycles. The van der Waals surface area contributed by atoms with Gasteiger partial charge < -0.3 is 10.2 Å². The second-order valence-electron chi connectivity index (χ2n) is 8.81. The lowest BCUT2D eigenvalue weighted by atomic mass is 10.1. The van der Waals surface area contributed by atoms with Gasteiger partial charge in [-0.3, -0.25) is 13.9 Å². The molecule has 1 atom stereocenters. The van der Waals surface area contributed by atoms with E-state index in [0.29, 0.717) is 34.3 Å². The van der Waals surface area contributed by atoms with Crippen LogP contribution in [0.15, 0.2) is 36.4 Å². The first-order chi connectivity index (χ1) is 16.9. The summed E-state index contributed by atoms with van der Waals surface area (Å²) in [6.45, 7) is 7.60. The number of carbonyl (C=O) groups is 2. The average molecular weight is 557 g/mol. The first-order valence-corrected chi connectivity index (χ1v) is 14.6. The van der Waals surface area contributed by atoms with Crippen LogP contribution in [0.25, 0.3) is 0 Å². The lowest BCUT2D eigenvalue weighted by molar-refractivity contribution is -0.140. The second-order valence-corrected chi connectivity index (χ2v) is 11.6. The Hall–Kier alpha value is -2.29. The maximum absolute atomic E-state index is 13.8. The van der Waals surface area contributed by atoms with Crippen molar-refractivity contribution in [2.45, 2.75) is 59.5 Å². The SMILES string of the molecule is CCCCNC(=O)[C@@H](CC)N(Cc1ccc(Cl)cc1Cl)C(=O)CN(c1cccc(C)c1C)S(C)(=O)=O. The van der Waals surface area contributed by atoms with Crippen LogP contribution in [0.3, 0.4) is 0 Å². The lowest BCUT2D eigenvalue weighted by Gasteiger charge is -2.33. The molecule has 0 saturated carbocycles. The van der Waals surface area contributed by atoms with Crippen LogP contribution >= 0.6 is 23.2 Å². The molecule has 0 heterocycles. The molecule has 0 saturated heterocycles. The van der Waals surface area contributed by atoms with Gasteiger partial charge in [0.2, 0.25) is 21.8 Å². The van der Waals surface area contributed by atoms with Crippen LogP contribution in [0.4, 0.5) is 5.69 Å². The summed E-state index contributed by atoms with van der Waals surface area (Å²) in [5, 5.41) is 3.70. The number of rotatable bonds is 12. The van der Waals surface area contributed by atoms with E-state index in [1.165, 1.54) is 4.90 Å². The molecule has 36 heavy (non-hydrogen) atoms. The topological polar surface area (TPSA) is 86.8 Å². The lowest BCUT2D eigenvalue weighted by Crippen LogP contribution is -2.52. The van der Waals surface area contributed by atoms with E-state index in [1.54, 1.807) is 30.3 Å². The Kier molecular flexibility index (Phi) is 11.1. The average Bonchev–Trinajstić information content (AvgIpc) is 2.80. The highest BCUT2D eigenvalue weighted by molar-refractivity contribution is 7.92. The highest BCUT2D eigenvalue weighted by Gasteiger charge is 2.32. The van der Waals surface area contributed by atoms with Crippen molar-refractivity contribution < 1.29 is 18.0 Å². The van der Waals surface area contributed by atoms with Crippen LogP contribution in [0.1, 0.15) is 49.8 Å². The molecule has 0 aliphatic rings. The van der Waals surface area contributed by atoms with Gasteiger partial charge in [-0.1, -0.05) is 61.7 Å². The summed E-state index contributed by atoms with van der Waals surface area (Å²) < 4.78 is 26.7. The normalized spacial score (nSPS) is 12.2. The van der Waals surface area contributed by atoms with Gasteiger partial charge in [0.1, 0.15) is 12.6 Å². The van der Waals surface area contributed by atoms with E-state index in [9.17, 15) is 18.0 Å². The monoisotopic (exact) mass is 555 g/mol. The maximum Gasteiger partial charge on any atom is 0.244 e. The molecule has 0 radical (unpaired) electrons. The number of benzene rings is 2. The zero-order valence-corrected chi connectivity index (χ0v) is 23.8. The molecule has 0 aliphatic heterocycles. The molecular weight excluding hydrogens is 521 g/mol. The number of hydrogen-bond donors (Lipinski definition) is 1. The second kappa shape index (κ2) is 13.3. The summed E-state index contributed by atoms with van der Waals surface area (Å²) >= 11 is 12.4. The van der Waals surface area contributed by atoms with Crippen molar-refractivity contribution in [3.05, 3.63) is 63.1 Å². The Morgan fingerprint density at radius 1 is 1.08 bits per heavy atom. The van der Waals surface area contributed by atoms with Crippen molar-refractivity contribution in [2.24, 2.45) is 0 Å². The van der Waals surface area contributed by atoms with E-state index in [0.717, 1.165) is 34.5 Å². The summed E-state index contributed by atoms with van der Waals surface area (Å²) in [5.41, 5.74) is 2.69. The number of aryl methyl sites for hydroxylation is 1. The third-order valence-electron chi connectivity index (χ3n) is 6.10. The molecule has 2 amide bonds. The minimum atomic E-state index is -3.80. The number of amides is 2. The molecule has 0 aliphatic carbocycles. The number of nitrogens with one attached hydrogen (secondary N) is 1. The first-order valence-electron chi connectivity index (χ1n) is 12.0. The summed E-state index contributed by atoms with van der Waals surface area (Å²) in [6, 6.07) is 9.43. The largest absolute Gasteiger partial charge is 0.354 e. The maximum atomic E-state index is 13.8. The summed E-state index contributed by atoms with van der Waals surface area (Å²) in [7, 11) is -3.80. The number of carbonyl (C=O) groups excluding carboxylic acids is 2. The van der Waals surface area contributed by atoms with Crippen LogP contribution in [0.5, 0.6) is 0 Å². The Morgan fingerprint density at radius 2 is 1.78 bits per heavy atom. The molecule has 7 nitrogen and oxygen atoms in total. The van der Waals surface area contributed by atoms with Crippen molar-refractivity contribution in [3.63, 3.8) is 0 Å². The van der Waals surface area contributed by atoms with Gasteiger partial charge >= 0.3 is 0 Å². The third-order valence-corrected chi connectivity index (χ3v) is 7.81. The molecule has 0 unspecified atom stereocenters. The molecule has 2 rings (SSSR count). The molecule has 2 aromatic rings. The zero-order chi connectivity index (χ0) is 27.0. The van der Waals surface area contributed by atoms with Crippen LogP contribution < -0.4 is 9.62 Å². The van der Waals surface area contributed by atoms with Gasteiger partial charge in [-0.2, -0.15) is 0 Å². The minimum absolute atomic E-state index is 0.0267. The fourth-order valence-corrected chi connectivity index (χ4v) is 5.23. The Morgan fingerprint density at radius 3 is 2.36 bits per heavy atom. The Labute approximate surface area is 224 Å². The Balaban J connectivity index is 2.48. The van der Waals surface area contributed by atoms with Gasteiger partial charge in [-0.15, -0.1) is 0 Å². The molecule has 2 aromatic carbocycles. The molecule has 0 fully saturated rings. The van der Waals surface area contributed by atoms with Crippen molar-refractivity contribution >= 4 is 50.7 Å². The fraction of sp³-hybridized carbons (Fsp3) is 0.462. The van der Waals surface area contributed by atoms with Crippen molar-refractivity contribution in [2.75, 3.05) is 23.7 Å². The van der Waals surface area contributed by atoms with Gasteiger partial charge in [-0.25, -0.2) is 8.42 Å². The molecular formula is C26H35Cl2N3O4S. The van der Waals surface area contributed by atoms with E-state index < -0.39 is 28.5 Å². The third kappa shape index (κ3) is 7.85. The van der Waals surface area contributed by atoms with Gasteiger partial charge in [0.05, 0.1) is 11.9 Å². The zero-order valence-electron chi connectivity index (χ0n) is 21.5. The van der Waals surface area contributed by atoms with E-state index in [-0.39, 0.29) is 12.5 Å².